The molecule has 102 valence electrons. The first kappa shape index (κ1) is 14.5. The van der Waals surface area contributed by atoms with Crippen LogP contribution in [0.4, 0.5) is 5.69 Å². The van der Waals surface area contributed by atoms with Crippen LogP contribution >= 0.6 is 31.9 Å². The van der Waals surface area contributed by atoms with Crippen molar-refractivity contribution in [2.75, 3.05) is 26.4 Å². The molecule has 0 aliphatic rings. The highest BCUT2D eigenvalue weighted by Crippen LogP contribution is 2.34. The Balaban J connectivity index is 2.28. The standard InChI is InChI=1S/C12H14Br2N4O/c1-18(2)4-3-10-16-12(19-17-10)8-5-7(13)6-9(14)11(8)15/h5-6H,3-4,15H2,1-2H3. The lowest BCUT2D eigenvalue weighted by Crippen LogP contribution is -2.15. The first-order valence-electron chi connectivity index (χ1n) is 5.69. The summed E-state index contributed by atoms with van der Waals surface area (Å²) in [6.45, 7) is 0.872. The number of nitrogen functional groups attached to an aromatic ring is 1. The smallest absolute Gasteiger partial charge is 0.260 e. The van der Waals surface area contributed by atoms with Gasteiger partial charge in [-0.05, 0) is 42.2 Å². The zero-order valence-corrected chi connectivity index (χ0v) is 13.8. The quantitative estimate of drug-likeness (QED) is 0.814. The van der Waals surface area contributed by atoms with Crippen LogP contribution in [-0.4, -0.2) is 35.7 Å². The Morgan fingerprint density at radius 3 is 2.74 bits per heavy atom. The second-order valence-corrected chi connectivity index (χ2v) is 6.19. The molecule has 1 aromatic carbocycles. The van der Waals surface area contributed by atoms with E-state index in [2.05, 4.69) is 46.9 Å². The molecule has 1 heterocycles. The molecular formula is C12H14Br2N4O. The molecule has 2 rings (SSSR count). The third kappa shape index (κ3) is 3.55. The molecule has 2 N–H and O–H groups in total. The van der Waals surface area contributed by atoms with Crippen LogP contribution in [0.2, 0.25) is 0 Å². The van der Waals surface area contributed by atoms with Gasteiger partial charge < -0.3 is 15.2 Å². The van der Waals surface area contributed by atoms with Gasteiger partial charge in [0, 0.05) is 21.9 Å². The van der Waals surface area contributed by atoms with Crippen LogP contribution < -0.4 is 5.73 Å². The molecule has 0 aliphatic carbocycles. The van der Waals surface area contributed by atoms with Gasteiger partial charge in [-0.1, -0.05) is 21.1 Å². The van der Waals surface area contributed by atoms with Crippen molar-refractivity contribution in [2.45, 2.75) is 6.42 Å². The zero-order valence-electron chi connectivity index (χ0n) is 10.7. The molecule has 2 aromatic rings. The average Bonchev–Trinajstić information content (AvgIpc) is 2.79. The van der Waals surface area contributed by atoms with Gasteiger partial charge in [0.15, 0.2) is 5.82 Å². The minimum Gasteiger partial charge on any atom is -0.397 e. The Kier molecular flexibility index (Phi) is 4.59. The van der Waals surface area contributed by atoms with Crippen molar-refractivity contribution in [1.29, 1.82) is 0 Å². The molecule has 0 saturated carbocycles. The van der Waals surface area contributed by atoms with E-state index >= 15 is 0 Å². The number of nitrogens with two attached hydrogens (primary N) is 1. The van der Waals surface area contributed by atoms with E-state index in [4.69, 9.17) is 10.3 Å². The SMILES string of the molecule is CN(C)CCc1noc(-c2cc(Br)cc(Br)c2N)n1. The lowest BCUT2D eigenvalue weighted by atomic mass is 10.2. The number of anilines is 1. The van der Waals surface area contributed by atoms with Crippen molar-refractivity contribution in [2.24, 2.45) is 0 Å². The molecule has 0 aliphatic heterocycles. The maximum atomic E-state index is 6.01. The molecule has 0 radical (unpaired) electrons. The van der Waals surface area contributed by atoms with Crippen LogP contribution in [0.25, 0.3) is 11.5 Å². The maximum absolute atomic E-state index is 6.01. The monoisotopic (exact) mass is 388 g/mol. The molecule has 0 fully saturated rings. The van der Waals surface area contributed by atoms with Crippen LogP contribution in [0.1, 0.15) is 5.82 Å². The van der Waals surface area contributed by atoms with Gasteiger partial charge in [0.05, 0.1) is 11.3 Å². The van der Waals surface area contributed by atoms with Gasteiger partial charge in [0.25, 0.3) is 5.89 Å². The molecule has 19 heavy (non-hydrogen) atoms. The number of likely N-dealkylation sites (N-methyl/N-ethyl adjacent to an activating group) is 1. The van der Waals surface area contributed by atoms with Gasteiger partial charge in [-0.15, -0.1) is 0 Å². The Morgan fingerprint density at radius 2 is 2.05 bits per heavy atom. The predicted octanol–water partition coefficient (Wildman–Crippen LogP) is 2.95. The predicted molar refractivity (Wildman–Crippen MR) is 81.8 cm³/mol. The van der Waals surface area contributed by atoms with E-state index in [1.807, 2.05) is 26.2 Å². The van der Waals surface area contributed by atoms with Gasteiger partial charge in [0.2, 0.25) is 0 Å². The van der Waals surface area contributed by atoms with Crippen LogP contribution in [0.5, 0.6) is 0 Å². The Bertz CT molecular complexity index is 583. The number of nitrogens with zero attached hydrogens (tertiary/aromatic N) is 3. The molecular weight excluding hydrogens is 376 g/mol. The third-order valence-corrected chi connectivity index (χ3v) is 3.69. The lowest BCUT2D eigenvalue weighted by Gasteiger charge is -2.05. The third-order valence-electron chi connectivity index (χ3n) is 2.58. The molecule has 0 atom stereocenters. The molecule has 0 amide bonds. The summed E-state index contributed by atoms with van der Waals surface area (Å²) in [5.74, 6) is 1.12. The first-order chi connectivity index (χ1) is 8.97. The summed E-state index contributed by atoms with van der Waals surface area (Å²) >= 11 is 6.82. The fraction of sp³-hybridized carbons (Fsp3) is 0.333. The van der Waals surface area contributed by atoms with E-state index in [9.17, 15) is 0 Å². The molecule has 1 aromatic heterocycles. The molecule has 0 saturated heterocycles. The van der Waals surface area contributed by atoms with Crippen LogP contribution in [-0.2, 0) is 6.42 Å². The van der Waals surface area contributed by atoms with Crippen molar-refractivity contribution in [3.05, 3.63) is 26.9 Å². The fourth-order valence-electron chi connectivity index (χ4n) is 1.55. The van der Waals surface area contributed by atoms with Crippen LogP contribution in [0.15, 0.2) is 25.6 Å². The summed E-state index contributed by atoms with van der Waals surface area (Å²) < 4.78 is 6.97. The van der Waals surface area contributed by atoms with Gasteiger partial charge in [-0.2, -0.15) is 4.98 Å². The topological polar surface area (TPSA) is 68.2 Å². The van der Waals surface area contributed by atoms with E-state index in [-0.39, 0.29) is 0 Å². The molecule has 5 nitrogen and oxygen atoms in total. The number of hydrogen-bond acceptors (Lipinski definition) is 5. The van der Waals surface area contributed by atoms with E-state index < -0.39 is 0 Å². The van der Waals surface area contributed by atoms with E-state index in [0.29, 0.717) is 17.4 Å². The minimum absolute atomic E-state index is 0.438. The van der Waals surface area contributed by atoms with Gasteiger partial charge >= 0.3 is 0 Å². The van der Waals surface area contributed by atoms with Crippen molar-refractivity contribution in [3.8, 4) is 11.5 Å². The average molecular weight is 390 g/mol. The lowest BCUT2D eigenvalue weighted by molar-refractivity contribution is 0.392. The summed E-state index contributed by atoms with van der Waals surface area (Å²) in [6, 6.07) is 3.74. The van der Waals surface area contributed by atoms with Crippen molar-refractivity contribution in [3.63, 3.8) is 0 Å². The van der Waals surface area contributed by atoms with E-state index in [1.165, 1.54) is 0 Å². The summed E-state index contributed by atoms with van der Waals surface area (Å²) in [5.41, 5.74) is 7.33. The minimum atomic E-state index is 0.438. The molecule has 0 unspecified atom stereocenters. The largest absolute Gasteiger partial charge is 0.397 e. The van der Waals surface area contributed by atoms with Crippen molar-refractivity contribution in [1.82, 2.24) is 15.0 Å². The van der Waals surface area contributed by atoms with E-state index in [0.717, 1.165) is 27.5 Å². The van der Waals surface area contributed by atoms with Crippen molar-refractivity contribution < 1.29 is 4.52 Å². The molecule has 0 spiro atoms. The number of benzene rings is 1. The highest BCUT2D eigenvalue weighted by atomic mass is 79.9. The van der Waals surface area contributed by atoms with E-state index in [1.54, 1.807) is 0 Å². The molecule has 0 bridgehead atoms. The normalized spacial score (nSPS) is 11.2. The van der Waals surface area contributed by atoms with Gasteiger partial charge in [-0.25, -0.2) is 0 Å². The van der Waals surface area contributed by atoms with Crippen molar-refractivity contribution >= 4 is 37.5 Å². The number of aromatic nitrogens is 2. The summed E-state index contributed by atoms with van der Waals surface area (Å²) in [4.78, 5) is 6.44. The Morgan fingerprint density at radius 1 is 1.32 bits per heavy atom. The summed E-state index contributed by atoms with van der Waals surface area (Å²) in [5, 5.41) is 3.97. The van der Waals surface area contributed by atoms with Gasteiger partial charge in [0.1, 0.15) is 0 Å². The number of hydrogen-bond donors (Lipinski definition) is 1. The van der Waals surface area contributed by atoms with Gasteiger partial charge in [-0.3, -0.25) is 0 Å². The zero-order chi connectivity index (χ0) is 14.0. The highest BCUT2D eigenvalue weighted by molar-refractivity contribution is 9.11. The second-order valence-electron chi connectivity index (χ2n) is 4.42. The highest BCUT2D eigenvalue weighted by Gasteiger charge is 2.14. The second kappa shape index (κ2) is 6.02. The first-order valence-corrected chi connectivity index (χ1v) is 7.28. The Labute approximate surface area is 128 Å². The van der Waals surface area contributed by atoms with Crippen LogP contribution in [0, 0.1) is 0 Å². The summed E-state index contributed by atoms with van der Waals surface area (Å²) in [7, 11) is 4.01. The van der Waals surface area contributed by atoms with Crippen LogP contribution in [0.3, 0.4) is 0 Å². The number of rotatable bonds is 4. The fourth-order valence-corrected chi connectivity index (χ4v) is 2.78. The molecule has 7 heteroatoms. The Hall–Kier alpha value is -0.920. The number of halogens is 2. The summed E-state index contributed by atoms with van der Waals surface area (Å²) in [6.07, 6.45) is 0.742. The maximum Gasteiger partial charge on any atom is 0.260 e.